The minimum absolute atomic E-state index is 0.0984. The SMILES string of the molecule is CCN(CC)CCc1cc(OC(=O)C(F)(F)F)c2c(c1)Sc1cc(N3CCNCC3)ccc1N2. The van der Waals surface area contributed by atoms with Crippen LogP contribution in [0.5, 0.6) is 5.75 Å². The van der Waals surface area contributed by atoms with Gasteiger partial charge in [0.15, 0.2) is 5.75 Å². The van der Waals surface area contributed by atoms with Crippen molar-refractivity contribution in [2.24, 2.45) is 0 Å². The Kier molecular flexibility index (Phi) is 7.59. The Hall–Kier alpha value is -2.43. The summed E-state index contributed by atoms with van der Waals surface area (Å²) >= 11 is 1.48. The maximum atomic E-state index is 13.0. The first-order chi connectivity index (χ1) is 16.3. The molecule has 0 unspecified atom stereocenters. The average molecular weight is 495 g/mol. The van der Waals surface area contributed by atoms with Crippen LogP contribution in [0.15, 0.2) is 40.1 Å². The Morgan fingerprint density at radius 1 is 1.12 bits per heavy atom. The van der Waals surface area contributed by atoms with E-state index in [0.717, 1.165) is 72.5 Å². The molecule has 0 saturated carbocycles. The molecule has 0 aromatic heterocycles. The molecule has 0 aliphatic carbocycles. The predicted octanol–water partition coefficient (Wildman–Crippen LogP) is 4.66. The number of halogens is 3. The fourth-order valence-corrected chi connectivity index (χ4v) is 5.24. The van der Waals surface area contributed by atoms with Crippen LogP contribution in [0, 0.1) is 0 Å². The third kappa shape index (κ3) is 5.61. The number of benzene rings is 2. The molecule has 184 valence electrons. The summed E-state index contributed by atoms with van der Waals surface area (Å²) in [6.45, 7) is 10.4. The van der Waals surface area contributed by atoms with Crippen molar-refractivity contribution in [1.29, 1.82) is 0 Å². The minimum atomic E-state index is -5.07. The first-order valence-corrected chi connectivity index (χ1v) is 12.3. The molecular weight excluding hydrogens is 465 g/mol. The zero-order chi connectivity index (χ0) is 24.3. The van der Waals surface area contributed by atoms with Gasteiger partial charge in [-0.3, -0.25) is 0 Å². The molecule has 1 saturated heterocycles. The number of likely N-dealkylation sites (N-methyl/N-ethyl adjacent to an activating group) is 1. The van der Waals surface area contributed by atoms with Crippen molar-refractivity contribution in [3.05, 3.63) is 35.9 Å². The molecule has 1 fully saturated rings. The van der Waals surface area contributed by atoms with Gasteiger partial charge < -0.3 is 25.2 Å². The van der Waals surface area contributed by atoms with Gasteiger partial charge in [-0.2, -0.15) is 13.2 Å². The second-order valence-corrected chi connectivity index (χ2v) is 9.36. The molecule has 0 amide bonds. The topological polar surface area (TPSA) is 56.8 Å². The van der Waals surface area contributed by atoms with Crippen LogP contribution in [0.25, 0.3) is 0 Å². The van der Waals surface area contributed by atoms with Crippen molar-refractivity contribution in [3.8, 4) is 5.75 Å². The summed E-state index contributed by atoms with van der Waals surface area (Å²) in [4.78, 5) is 17.9. The van der Waals surface area contributed by atoms with E-state index in [9.17, 15) is 18.0 Å². The fourth-order valence-electron chi connectivity index (χ4n) is 4.13. The molecule has 4 rings (SSSR count). The van der Waals surface area contributed by atoms with Crippen LogP contribution in [0.4, 0.5) is 30.2 Å². The number of ether oxygens (including phenoxy) is 1. The van der Waals surface area contributed by atoms with Gasteiger partial charge in [0.25, 0.3) is 0 Å². The Labute approximate surface area is 201 Å². The number of carbonyl (C=O) groups excluding carboxylic acids is 1. The molecule has 2 N–H and O–H groups in total. The number of nitrogens with one attached hydrogen (secondary N) is 2. The Morgan fingerprint density at radius 2 is 1.85 bits per heavy atom. The van der Waals surface area contributed by atoms with Crippen LogP contribution in [-0.2, 0) is 11.2 Å². The van der Waals surface area contributed by atoms with E-state index in [1.807, 2.05) is 18.2 Å². The number of anilines is 3. The number of nitrogens with zero attached hydrogens (tertiary/aromatic N) is 2. The highest BCUT2D eigenvalue weighted by Crippen LogP contribution is 2.49. The quantitative estimate of drug-likeness (QED) is 0.366. The summed E-state index contributed by atoms with van der Waals surface area (Å²) in [6, 6.07) is 9.54. The molecular formula is C24H29F3N4O2S. The highest BCUT2D eigenvalue weighted by molar-refractivity contribution is 7.99. The van der Waals surface area contributed by atoms with E-state index < -0.39 is 12.1 Å². The van der Waals surface area contributed by atoms with Crippen LogP contribution in [0.3, 0.4) is 0 Å². The van der Waals surface area contributed by atoms with Crippen LogP contribution in [-0.4, -0.2) is 62.9 Å². The van der Waals surface area contributed by atoms with E-state index in [2.05, 4.69) is 40.3 Å². The van der Waals surface area contributed by atoms with Crippen LogP contribution in [0.1, 0.15) is 19.4 Å². The van der Waals surface area contributed by atoms with Gasteiger partial charge in [0.05, 0.1) is 11.4 Å². The van der Waals surface area contributed by atoms with Crippen molar-refractivity contribution in [2.75, 3.05) is 56.0 Å². The predicted molar refractivity (Wildman–Crippen MR) is 129 cm³/mol. The van der Waals surface area contributed by atoms with Gasteiger partial charge in [0, 0.05) is 48.2 Å². The molecule has 0 atom stereocenters. The molecule has 0 spiro atoms. The molecule has 2 aromatic carbocycles. The van der Waals surface area contributed by atoms with E-state index in [4.69, 9.17) is 4.74 Å². The second kappa shape index (κ2) is 10.5. The molecule has 10 heteroatoms. The Morgan fingerprint density at radius 3 is 2.53 bits per heavy atom. The fraction of sp³-hybridized carbons (Fsp3) is 0.458. The van der Waals surface area contributed by atoms with Gasteiger partial charge in [0.1, 0.15) is 0 Å². The van der Waals surface area contributed by atoms with Crippen LogP contribution < -0.4 is 20.3 Å². The molecule has 34 heavy (non-hydrogen) atoms. The lowest BCUT2D eigenvalue weighted by molar-refractivity contribution is -0.189. The summed E-state index contributed by atoms with van der Waals surface area (Å²) in [5.74, 6) is -2.32. The molecule has 2 aliphatic rings. The van der Waals surface area contributed by atoms with E-state index in [1.54, 1.807) is 6.07 Å². The smallest absolute Gasteiger partial charge is 0.418 e. The van der Waals surface area contributed by atoms with Crippen LogP contribution >= 0.6 is 11.8 Å². The zero-order valence-corrected chi connectivity index (χ0v) is 20.1. The number of hydrogen-bond donors (Lipinski definition) is 2. The van der Waals surface area contributed by atoms with Gasteiger partial charge in [-0.1, -0.05) is 25.6 Å². The number of carbonyl (C=O) groups is 1. The van der Waals surface area contributed by atoms with E-state index >= 15 is 0 Å². The number of fused-ring (bicyclic) bond motifs is 2. The van der Waals surface area contributed by atoms with E-state index in [0.29, 0.717) is 12.1 Å². The molecule has 6 nitrogen and oxygen atoms in total. The molecule has 2 aliphatic heterocycles. The largest absolute Gasteiger partial charge is 0.491 e. The maximum Gasteiger partial charge on any atom is 0.491 e. The minimum Gasteiger partial charge on any atom is -0.418 e. The number of alkyl halides is 3. The molecule has 2 aromatic rings. The van der Waals surface area contributed by atoms with Gasteiger partial charge in [-0.05, 0) is 55.4 Å². The summed E-state index contributed by atoms with van der Waals surface area (Å²) in [5.41, 5.74) is 3.10. The van der Waals surface area contributed by atoms with E-state index in [-0.39, 0.29) is 5.75 Å². The molecule has 0 bridgehead atoms. The summed E-state index contributed by atoms with van der Waals surface area (Å²) in [5, 5.41) is 6.55. The van der Waals surface area contributed by atoms with Crippen molar-refractivity contribution in [1.82, 2.24) is 10.2 Å². The van der Waals surface area contributed by atoms with Gasteiger partial charge >= 0.3 is 12.1 Å². The highest BCUT2D eigenvalue weighted by Gasteiger charge is 2.42. The van der Waals surface area contributed by atoms with Gasteiger partial charge in [0.2, 0.25) is 0 Å². The number of hydrogen-bond acceptors (Lipinski definition) is 7. The first kappa shape index (κ1) is 24.7. The van der Waals surface area contributed by atoms with E-state index in [1.165, 1.54) is 11.8 Å². The van der Waals surface area contributed by atoms with Crippen molar-refractivity contribution in [3.63, 3.8) is 0 Å². The van der Waals surface area contributed by atoms with Gasteiger partial charge in [-0.25, -0.2) is 4.79 Å². The lowest BCUT2D eigenvalue weighted by Crippen LogP contribution is -2.43. The normalized spacial score (nSPS) is 15.5. The highest BCUT2D eigenvalue weighted by atomic mass is 32.2. The van der Waals surface area contributed by atoms with Crippen molar-refractivity contribution in [2.45, 2.75) is 36.2 Å². The Bertz CT molecular complexity index is 1040. The third-order valence-electron chi connectivity index (χ3n) is 6.10. The zero-order valence-electron chi connectivity index (χ0n) is 19.3. The number of piperazine rings is 1. The average Bonchev–Trinajstić information content (AvgIpc) is 2.83. The standard InChI is InChI=1S/C24H29F3N4O2S/c1-3-30(4-2)10-7-16-13-19(33-23(32)24(25,26)27)22-21(14-16)34-20-15-17(5-6-18(20)29-22)31-11-8-28-9-12-31/h5-6,13-15,28-29H,3-4,7-12H2,1-2H3. The second-order valence-electron chi connectivity index (χ2n) is 8.28. The summed E-state index contributed by atoms with van der Waals surface area (Å²) in [6.07, 6.45) is -4.43. The van der Waals surface area contributed by atoms with Crippen molar-refractivity contribution >= 4 is 34.8 Å². The lowest BCUT2D eigenvalue weighted by Gasteiger charge is -2.31. The maximum absolute atomic E-state index is 13.0. The van der Waals surface area contributed by atoms with Gasteiger partial charge in [-0.15, -0.1) is 0 Å². The third-order valence-corrected chi connectivity index (χ3v) is 7.20. The van der Waals surface area contributed by atoms with Crippen LogP contribution in [0.2, 0.25) is 0 Å². The number of esters is 1. The molecule has 0 radical (unpaired) electrons. The lowest BCUT2D eigenvalue weighted by atomic mass is 10.1. The number of rotatable bonds is 7. The Balaban J connectivity index is 1.64. The molecule has 2 heterocycles. The summed E-state index contributed by atoms with van der Waals surface area (Å²) < 4.78 is 43.7. The monoisotopic (exact) mass is 494 g/mol. The first-order valence-electron chi connectivity index (χ1n) is 11.5. The van der Waals surface area contributed by atoms with Crippen molar-refractivity contribution < 1.29 is 22.7 Å². The summed E-state index contributed by atoms with van der Waals surface area (Å²) in [7, 11) is 0.